The molecule has 0 bridgehead atoms. The minimum absolute atomic E-state index is 0. The summed E-state index contributed by atoms with van der Waals surface area (Å²) in [6, 6.07) is 7.42. The predicted octanol–water partition coefficient (Wildman–Crippen LogP) is 5.81. The second-order valence-corrected chi connectivity index (χ2v) is 12.6. The lowest BCUT2D eigenvalue weighted by molar-refractivity contribution is 0.0517. The molecule has 5 nitrogen and oxygen atoms in total. The molecule has 1 aromatic carbocycles. The Morgan fingerprint density at radius 1 is 0.750 bits per heavy atom. The molecule has 4 fully saturated rings. The summed E-state index contributed by atoms with van der Waals surface area (Å²) in [5.74, 6) is 2.39. The number of rotatable bonds is 5. The number of hydrogen-bond acceptors (Lipinski definition) is 5. The van der Waals surface area contributed by atoms with Crippen LogP contribution in [0.25, 0.3) is 0 Å². The smallest absolute Gasteiger partial charge is 0.0642 e. The van der Waals surface area contributed by atoms with E-state index in [0.717, 1.165) is 64.4 Å². The van der Waals surface area contributed by atoms with Crippen LogP contribution in [0.15, 0.2) is 18.2 Å². The minimum atomic E-state index is 0. The third-order valence-corrected chi connectivity index (χ3v) is 9.35. The van der Waals surface area contributed by atoms with E-state index in [9.17, 15) is 0 Å². The number of piperazine rings is 1. The summed E-state index contributed by atoms with van der Waals surface area (Å²) in [6.07, 6.45) is 7.90. The van der Waals surface area contributed by atoms with Crippen molar-refractivity contribution in [2.75, 3.05) is 82.0 Å². The van der Waals surface area contributed by atoms with E-state index in [1.165, 1.54) is 69.5 Å². The van der Waals surface area contributed by atoms with Crippen LogP contribution in [0, 0.1) is 17.3 Å². The Kier molecular flexibility index (Phi) is 9.87. The van der Waals surface area contributed by atoms with Gasteiger partial charge in [0.05, 0.1) is 13.2 Å². The van der Waals surface area contributed by atoms with Crippen LogP contribution >= 0.6 is 12.4 Å². The lowest BCUT2D eigenvalue weighted by Gasteiger charge is -2.41. The number of ether oxygens (including phenoxy) is 2. The van der Waals surface area contributed by atoms with Crippen molar-refractivity contribution >= 4 is 23.8 Å². The van der Waals surface area contributed by atoms with Crippen molar-refractivity contribution in [3.8, 4) is 0 Å². The van der Waals surface area contributed by atoms with Gasteiger partial charge in [0.25, 0.3) is 0 Å². The molecule has 0 aromatic heterocycles. The van der Waals surface area contributed by atoms with Gasteiger partial charge in [0, 0.05) is 70.4 Å². The summed E-state index contributed by atoms with van der Waals surface area (Å²) in [7, 11) is 0. The first-order valence-electron chi connectivity index (χ1n) is 14.5. The molecular weight excluding hydrogens is 470 g/mol. The van der Waals surface area contributed by atoms with Gasteiger partial charge in [-0.1, -0.05) is 20.8 Å². The van der Waals surface area contributed by atoms with E-state index in [1.54, 1.807) is 5.56 Å². The molecule has 1 saturated carbocycles. The number of anilines is 2. The molecule has 5 rings (SSSR count). The average molecular weight is 520 g/mol. The van der Waals surface area contributed by atoms with Gasteiger partial charge < -0.3 is 19.3 Å². The van der Waals surface area contributed by atoms with Gasteiger partial charge in [-0.3, -0.25) is 4.90 Å². The summed E-state index contributed by atoms with van der Waals surface area (Å²) >= 11 is 0. The van der Waals surface area contributed by atoms with Gasteiger partial charge in [-0.15, -0.1) is 12.4 Å². The quantitative estimate of drug-likeness (QED) is 0.489. The highest BCUT2D eigenvalue weighted by atomic mass is 35.5. The molecule has 3 saturated heterocycles. The SMILES string of the molecule is CC(C)(C)C1CCC(c2cc(N3CCOCC3)ccc2N2CCN(CC3CCOCC3)CC2)CC1.Cl. The molecule has 0 radical (unpaired) electrons. The lowest BCUT2D eigenvalue weighted by Crippen LogP contribution is -2.48. The number of halogens is 1. The Balaban J connectivity index is 0.00000304. The molecule has 3 heterocycles. The Morgan fingerprint density at radius 2 is 1.39 bits per heavy atom. The molecule has 0 unspecified atom stereocenters. The van der Waals surface area contributed by atoms with E-state index in [2.05, 4.69) is 53.7 Å². The van der Waals surface area contributed by atoms with Crippen molar-refractivity contribution in [1.82, 2.24) is 4.90 Å². The summed E-state index contributed by atoms with van der Waals surface area (Å²) in [6.45, 7) is 18.9. The van der Waals surface area contributed by atoms with Gasteiger partial charge in [0.15, 0.2) is 0 Å². The lowest BCUT2D eigenvalue weighted by atomic mass is 9.68. The van der Waals surface area contributed by atoms with E-state index in [0.29, 0.717) is 11.3 Å². The zero-order valence-electron chi connectivity index (χ0n) is 23.1. The maximum Gasteiger partial charge on any atom is 0.0642 e. The Hall–Kier alpha value is -1.01. The molecule has 4 aliphatic rings. The Morgan fingerprint density at radius 3 is 2.03 bits per heavy atom. The van der Waals surface area contributed by atoms with E-state index in [1.807, 2.05) is 0 Å². The van der Waals surface area contributed by atoms with Crippen LogP contribution < -0.4 is 9.80 Å². The molecule has 6 heteroatoms. The van der Waals surface area contributed by atoms with E-state index >= 15 is 0 Å². The highest BCUT2D eigenvalue weighted by Gasteiger charge is 2.32. The molecule has 1 aromatic rings. The van der Waals surface area contributed by atoms with Gasteiger partial charge in [-0.05, 0) is 85.5 Å². The van der Waals surface area contributed by atoms with Crippen LogP contribution in [0.4, 0.5) is 11.4 Å². The number of morpholine rings is 1. The molecule has 0 amide bonds. The van der Waals surface area contributed by atoms with Crippen molar-refractivity contribution in [3.63, 3.8) is 0 Å². The second kappa shape index (κ2) is 12.7. The standard InChI is InChI=1S/C30H49N3O2.ClH/c1-30(2,3)26-6-4-25(5-7-26)28-22-27(32-16-20-35-21-17-32)8-9-29(28)33-14-12-31(13-15-33)23-24-10-18-34-19-11-24;/h8-9,22,24-26H,4-7,10-21,23H2,1-3H3;1H. The van der Waals surface area contributed by atoms with E-state index < -0.39 is 0 Å². The fourth-order valence-electron chi connectivity index (χ4n) is 6.91. The van der Waals surface area contributed by atoms with Crippen LogP contribution in [0.2, 0.25) is 0 Å². The number of nitrogens with zero attached hydrogens (tertiary/aromatic N) is 3. The maximum atomic E-state index is 5.63. The molecule has 1 aliphatic carbocycles. The average Bonchev–Trinajstić information content (AvgIpc) is 2.90. The molecule has 204 valence electrons. The fourth-order valence-corrected chi connectivity index (χ4v) is 6.91. The normalized spacial score (nSPS) is 27.1. The Bertz CT molecular complexity index is 801. The van der Waals surface area contributed by atoms with Crippen molar-refractivity contribution in [2.24, 2.45) is 17.3 Å². The fraction of sp³-hybridized carbons (Fsp3) is 0.800. The van der Waals surface area contributed by atoms with Gasteiger partial charge >= 0.3 is 0 Å². The minimum Gasteiger partial charge on any atom is -0.381 e. The predicted molar refractivity (Wildman–Crippen MR) is 153 cm³/mol. The van der Waals surface area contributed by atoms with Crippen molar-refractivity contribution in [3.05, 3.63) is 23.8 Å². The highest BCUT2D eigenvalue weighted by molar-refractivity contribution is 5.85. The number of hydrogen-bond donors (Lipinski definition) is 0. The van der Waals surface area contributed by atoms with E-state index in [4.69, 9.17) is 9.47 Å². The van der Waals surface area contributed by atoms with Crippen LogP contribution in [-0.2, 0) is 9.47 Å². The molecule has 36 heavy (non-hydrogen) atoms. The maximum absolute atomic E-state index is 5.63. The zero-order chi connectivity index (χ0) is 24.3. The largest absolute Gasteiger partial charge is 0.381 e. The first-order chi connectivity index (χ1) is 17.0. The topological polar surface area (TPSA) is 28.2 Å². The van der Waals surface area contributed by atoms with Crippen molar-refractivity contribution in [1.29, 1.82) is 0 Å². The molecule has 0 atom stereocenters. The van der Waals surface area contributed by atoms with Crippen LogP contribution in [0.1, 0.15) is 70.8 Å². The monoisotopic (exact) mass is 519 g/mol. The molecule has 0 N–H and O–H groups in total. The Labute approximate surface area is 226 Å². The van der Waals surface area contributed by atoms with Crippen LogP contribution in [0.5, 0.6) is 0 Å². The summed E-state index contributed by atoms with van der Waals surface area (Å²) < 4.78 is 11.2. The summed E-state index contributed by atoms with van der Waals surface area (Å²) in [5.41, 5.74) is 4.99. The van der Waals surface area contributed by atoms with Crippen molar-refractivity contribution in [2.45, 2.75) is 65.2 Å². The van der Waals surface area contributed by atoms with Gasteiger partial charge in [0.2, 0.25) is 0 Å². The molecular formula is C30H50ClN3O2. The third-order valence-electron chi connectivity index (χ3n) is 9.35. The van der Waals surface area contributed by atoms with Crippen LogP contribution in [0.3, 0.4) is 0 Å². The molecule has 0 spiro atoms. The number of benzene rings is 1. The summed E-state index contributed by atoms with van der Waals surface area (Å²) in [5, 5.41) is 0. The van der Waals surface area contributed by atoms with Crippen LogP contribution in [-0.4, -0.2) is 77.1 Å². The second-order valence-electron chi connectivity index (χ2n) is 12.6. The molecule has 3 aliphatic heterocycles. The third kappa shape index (κ3) is 6.89. The first-order valence-corrected chi connectivity index (χ1v) is 14.5. The van der Waals surface area contributed by atoms with Crippen molar-refractivity contribution < 1.29 is 9.47 Å². The van der Waals surface area contributed by atoms with E-state index in [-0.39, 0.29) is 12.4 Å². The highest BCUT2D eigenvalue weighted by Crippen LogP contribution is 2.46. The zero-order valence-corrected chi connectivity index (χ0v) is 23.9. The van der Waals surface area contributed by atoms with Gasteiger partial charge in [-0.2, -0.15) is 0 Å². The first kappa shape index (κ1) is 28.0. The van der Waals surface area contributed by atoms with Gasteiger partial charge in [-0.25, -0.2) is 0 Å². The summed E-state index contributed by atoms with van der Waals surface area (Å²) in [4.78, 5) is 7.95. The van der Waals surface area contributed by atoms with Gasteiger partial charge in [0.1, 0.15) is 0 Å².